The summed E-state index contributed by atoms with van der Waals surface area (Å²) in [5, 5.41) is 3.69. The Labute approximate surface area is 79.2 Å². The number of hydrogen-bond donors (Lipinski definition) is 1. The lowest BCUT2D eigenvalue weighted by Gasteiger charge is -1.91. The molecule has 4 N–H and O–H groups in total. The van der Waals surface area contributed by atoms with Crippen LogP contribution in [0.15, 0.2) is 29.4 Å². The van der Waals surface area contributed by atoms with Crippen LogP contribution < -0.4 is 10.6 Å². The molecule has 0 bridgehead atoms. The molecule has 2 rings (SSSR count). The number of rotatable bonds is 0. The van der Waals surface area contributed by atoms with E-state index in [1.54, 1.807) is 11.3 Å². The third kappa shape index (κ3) is 1.43. The van der Waals surface area contributed by atoms with Gasteiger partial charge >= 0.3 is 0 Å². The molecule has 1 aromatic carbocycles. The molecule has 0 atom stereocenters. The van der Waals surface area contributed by atoms with Crippen LogP contribution in [0.25, 0.3) is 10.2 Å². The molecular formula is C8H11N3OS. The lowest BCUT2D eigenvalue weighted by molar-refractivity contribution is 0.824. The van der Waals surface area contributed by atoms with Crippen LogP contribution in [0.2, 0.25) is 0 Å². The second-order valence-corrected chi connectivity index (χ2v) is 3.55. The highest BCUT2D eigenvalue weighted by atomic mass is 32.1. The summed E-state index contributed by atoms with van der Waals surface area (Å²) in [6, 6.07) is 8.14. The van der Waals surface area contributed by atoms with Gasteiger partial charge in [-0.3, -0.25) is 0 Å². The number of para-hydroxylation sites is 1. The highest BCUT2D eigenvalue weighted by molar-refractivity contribution is 7.16. The first kappa shape index (κ1) is 9.76. The van der Waals surface area contributed by atoms with Crippen LogP contribution >= 0.6 is 11.3 Å². The number of thiazole rings is 1. The van der Waals surface area contributed by atoms with Gasteiger partial charge in [-0.15, -0.1) is 0 Å². The fourth-order valence-electron chi connectivity index (χ4n) is 1.20. The van der Waals surface area contributed by atoms with E-state index in [4.69, 9.17) is 5.84 Å². The van der Waals surface area contributed by atoms with Crippen molar-refractivity contribution in [2.75, 3.05) is 0 Å². The topological polar surface area (TPSA) is 74.8 Å². The molecule has 2 aromatic rings. The van der Waals surface area contributed by atoms with Crippen LogP contribution in [0.5, 0.6) is 0 Å². The maximum Gasteiger partial charge on any atom is 0.208 e. The summed E-state index contributed by atoms with van der Waals surface area (Å²) in [5.41, 5.74) is 1.17. The van der Waals surface area contributed by atoms with Gasteiger partial charge in [0.2, 0.25) is 4.80 Å². The average Bonchev–Trinajstić information content (AvgIpc) is 2.44. The van der Waals surface area contributed by atoms with Gasteiger partial charge in [0.15, 0.2) is 0 Å². The Morgan fingerprint density at radius 2 is 2.08 bits per heavy atom. The first-order valence-corrected chi connectivity index (χ1v) is 4.43. The number of aromatic nitrogens is 1. The largest absolute Gasteiger partial charge is 0.412 e. The molecule has 0 amide bonds. The Morgan fingerprint density at radius 3 is 2.69 bits per heavy atom. The van der Waals surface area contributed by atoms with Gasteiger partial charge in [-0.1, -0.05) is 23.5 Å². The van der Waals surface area contributed by atoms with Crippen molar-refractivity contribution in [3.63, 3.8) is 0 Å². The second kappa shape index (κ2) is 3.59. The third-order valence-electron chi connectivity index (χ3n) is 1.83. The summed E-state index contributed by atoms with van der Waals surface area (Å²) in [4.78, 5) is 0.844. The number of aryl methyl sites for hydroxylation is 1. The Bertz CT molecular complexity index is 471. The molecule has 1 aromatic heterocycles. The third-order valence-corrected chi connectivity index (χ3v) is 2.95. The van der Waals surface area contributed by atoms with Crippen LogP contribution in [-0.2, 0) is 7.05 Å². The number of nitrogens with zero attached hydrogens (tertiary/aromatic N) is 2. The smallest absolute Gasteiger partial charge is 0.208 e. The SMILES string of the molecule is Cn1/c(=N\N)sc2ccccc21.O. The second-order valence-electron chi connectivity index (χ2n) is 2.54. The quantitative estimate of drug-likeness (QED) is 0.475. The molecule has 0 saturated heterocycles. The van der Waals surface area contributed by atoms with Crippen molar-refractivity contribution >= 4 is 21.6 Å². The molecule has 0 saturated carbocycles. The van der Waals surface area contributed by atoms with E-state index in [0.29, 0.717) is 0 Å². The molecule has 13 heavy (non-hydrogen) atoms. The van der Waals surface area contributed by atoms with Crippen molar-refractivity contribution in [2.24, 2.45) is 18.0 Å². The lowest BCUT2D eigenvalue weighted by atomic mass is 10.3. The zero-order valence-electron chi connectivity index (χ0n) is 7.19. The number of nitrogens with two attached hydrogens (primary N) is 1. The molecule has 0 aliphatic heterocycles. The monoisotopic (exact) mass is 197 g/mol. The normalized spacial score (nSPS) is 11.6. The van der Waals surface area contributed by atoms with E-state index in [2.05, 4.69) is 17.2 Å². The van der Waals surface area contributed by atoms with Crippen molar-refractivity contribution in [1.29, 1.82) is 0 Å². The van der Waals surface area contributed by atoms with E-state index in [1.165, 1.54) is 10.2 Å². The minimum atomic E-state index is 0. The van der Waals surface area contributed by atoms with Gasteiger partial charge in [-0.05, 0) is 12.1 Å². The molecule has 0 spiro atoms. The van der Waals surface area contributed by atoms with Crippen molar-refractivity contribution in [2.45, 2.75) is 0 Å². The minimum Gasteiger partial charge on any atom is -0.412 e. The van der Waals surface area contributed by atoms with E-state index in [0.717, 1.165) is 4.80 Å². The van der Waals surface area contributed by atoms with Crippen LogP contribution in [0, 0.1) is 0 Å². The summed E-state index contributed by atoms with van der Waals surface area (Å²) >= 11 is 1.60. The molecule has 0 aliphatic carbocycles. The van der Waals surface area contributed by atoms with Crippen LogP contribution in [0.3, 0.4) is 0 Å². The van der Waals surface area contributed by atoms with Crippen LogP contribution in [0.1, 0.15) is 0 Å². The molecule has 4 nitrogen and oxygen atoms in total. The minimum absolute atomic E-state index is 0. The van der Waals surface area contributed by atoms with Crippen LogP contribution in [0.4, 0.5) is 0 Å². The maximum absolute atomic E-state index is 5.23. The summed E-state index contributed by atoms with van der Waals surface area (Å²) in [6.45, 7) is 0. The predicted octanol–water partition coefficient (Wildman–Crippen LogP) is 0.189. The van der Waals surface area contributed by atoms with Crippen molar-refractivity contribution in [1.82, 2.24) is 4.57 Å². The lowest BCUT2D eigenvalue weighted by Crippen LogP contribution is -2.11. The van der Waals surface area contributed by atoms with E-state index >= 15 is 0 Å². The molecular weight excluding hydrogens is 186 g/mol. The van der Waals surface area contributed by atoms with Gasteiger partial charge in [0, 0.05) is 7.05 Å². The van der Waals surface area contributed by atoms with Gasteiger partial charge in [0.25, 0.3) is 0 Å². The molecule has 0 fully saturated rings. The summed E-state index contributed by atoms with van der Waals surface area (Å²) in [6.07, 6.45) is 0. The standard InChI is InChI=1S/C8H9N3S.H2O/c1-11-6-4-2-3-5-7(6)12-8(11)10-9;/h2-5H,9H2,1H3;1H2/b10-8+;. The Hall–Kier alpha value is -1.33. The van der Waals surface area contributed by atoms with Gasteiger partial charge < -0.3 is 15.9 Å². The van der Waals surface area contributed by atoms with Gasteiger partial charge in [-0.2, -0.15) is 5.10 Å². The zero-order chi connectivity index (χ0) is 8.55. The van der Waals surface area contributed by atoms with Crippen molar-refractivity contribution < 1.29 is 5.48 Å². The number of benzene rings is 1. The van der Waals surface area contributed by atoms with E-state index in [-0.39, 0.29) is 5.48 Å². The predicted molar refractivity (Wildman–Crippen MR) is 54.2 cm³/mol. The molecule has 70 valence electrons. The summed E-state index contributed by atoms with van der Waals surface area (Å²) in [5.74, 6) is 5.23. The first-order valence-electron chi connectivity index (χ1n) is 3.61. The Kier molecular flexibility index (Phi) is 2.69. The molecule has 0 unspecified atom stereocenters. The fourth-order valence-corrected chi connectivity index (χ4v) is 2.14. The summed E-state index contributed by atoms with van der Waals surface area (Å²) in [7, 11) is 1.96. The van der Waals surface area contributed by atoms with E-state index in [9.17, 15) is 0 Å². The van der Waals surface area contributed by atoms with Gasteiger partial charge in [-0.25, -0.2) is 0 Å². The summed E-state index contributed by atoms with van der Waals surface area (Å²) < 4.78 is 3.20. The van der Waals surface area contributed by atoms with Crippen LogP contribution in [-0.4, -0.2) is 10.0 Å². The first-order chi connectivity index (χ1) is 5.83. The molecule has 0 aliphatic rings. The van der Waals surface area contributed by atoms with E-state index in [1.807, 2.05) is 23.7 Å². The Balaban J connectivity index is 0.000000845. The van der Waals surface area contributed by atoms with E-state index < -0.39 is 0 Å². The Morgan fingerprint density at radius 1 is 1.38 bits per heavy atom. The maximum atomic E-state index is 5.23. The van der Waals surface area contributed by atoms with Gasteiger partial charge in [0.05, 0.1) is 10.2 Å². The highest BCUT2D eigenvalue weighted by Gasteiger charge is 1.99. The molecule has 1 heterocycles. The fraction of sp³-hybridized carbons (Fsp3) is 0.125. The highest BCUT2D eigenvalue weighted by Crippen LogP contribution is 2.14. The van der Waals surface area contributed by atoms with Crippen molar-refractivity contribution in [3.8, 4) is 0 Å². The molecule has 5 heteroatoms. The average molecular weight is 197 g/mol. The van der Waals surface area contributed by atoms with Crippen molar-refractivity contribution in [3.05, 3.63) is 29.1 Å². The number of fused-ring (bicyclic) bond motifs is 1. The van der Waals surface area contributed by atoms with Gasteiger partial charge in [0.1, 0.15) is 0 Å². The molecule has 0 radical (unpaired) electrons. The number of hydrogen-bond acceptors (Lipinski definition) is 3. The zero-order valence-corrected chi connectivity index (χ0v) is 8.01.